The summed E-state index contributed by atoms with van der Waals surface area (Å²) >= 11 is 0. The van der Waals surface area contributed by atoms with Crippen LogP contribution in [0.3, 0.4) is 0 Å². The summed E-state index contributed by atoms with van der Waals surface area (Å²) in [6.07, 6.45) is 0. The molecule has 0 fully saturated rings. The Hall–Kier alpha value is -0.100. The van der Waals surface area contributed by atoms with Crippen molar-refractivity contribution in [1.82, 2.24) is 0 Å². The molecular weight excluding hydrogens is 253 g/mol. The minimum Gasteiger partial charge on any atom is -0.399 e. The van der Waals surface area contributed by atoms with E-state index in [4.69, 9.17) is 27.1 Å². The summed E-state index contributed by atoms with van der Waals surface area (Å²) in [5, 5.41) is 0. The summed E-state index contributed by atoms with van der Waals surface area (Å²) in [4.78, 5) is 0.594. The highest BCUT2D eigenvalue weighted by Gasteiger charge is 2.07. The molecule has 2 atom stereocenters. The van der Waals surface area contributed by atoms with E-state index in [1.54, 1.807) is 0 Å². The van der Waals surface area contributed by atoms with Gasteiger partial charge in [-0.25, -0.2) is 8.42 Å². The number of nitrogen functional groups attached to an aromatic ring is 1. The first kappa shape index (κ1) is 11.0. The van der Waals surface area contributed by atoms with E-state index in [1.807, 2.05) is 0 Å². The Morgan fingerprint density at radius 3 is 1.69 bits per heavy atom. The van der Waals surface area contributed by atoms with Gasteiger partial charge in [-0.2, -0.15) is 0 Å². The zero-order valence-corrected chi connectivity index (χ0v) is 9.34. The molecule has 0 bridgehead atoms. The third kappa shape index (κ3) is 2.95. The molecule has 0 aliphatic carbocycles. The standard InChI is InChI=1S/C6H5Cl2NO2S2/c7-12(10)5-1-4(9)2-6(3-5)13(8)11/h1-3H,9H2. The van der Waals surface area contributed by atoms with E-state index in [1.165, 1.54) is 18.2 Å². The Morgan fingerprint density at radius 1 is 1.00 bits per heavy atom. The lowest BCUT2D eigenvalue weighted by Crippen LogP contribution is -1.92. The van der Waals surface area contributed by atoms with Gasteiger partial charge in [-0.3, -0.25) is 0 Å². The normalized spacial score (nSPS) is 15.2. The Kier molecular flexibility index (Phi) is 3.73. The summed E-state index contributed by atoms with van der Waals surface area (Å²) in [7, 11) is 7.32. The van der Waals surface area contributed by atoms with Crippen molar-refractivity contribution in [2.75, 3.05) is 5.73 Å². The third-order valence-corrected chi connectivity index (χ3v) is 3.55. The summed E-state index contributed by atoms with van der Waals surface area (Å²) in [6, 6.07) is 4.27. The van der Waals surface area contributed by atoms with Crippen molar-refractivity contribution in [2.24, 2.45) is 0 Å². The first-order valence-electron chi connectivity index (χ1n) is 3.07. The van der Waals surface area contributed by atoms with E-state index in [2.05, 4.69) is 0 Å². The van der Waals surface area contributed by atoms with Gasteiger partial charge in [0.2, 0.25) is 0 Å². The second-order valence-electron chi connectivity index (χ2n) is 2.18. The molecule has 0 spiro atoms. The minimum atomic E-state index is -1.67. The van der Waals surface area contributed by atoms with E-state index < -0.39 is 20.0 Å². The Morgan fingerprint density at radius 2 is 1.38 bits per heavy atom. The lowest BCUT2D eigenvalue weighted by atomic mass is 10.3. The molecule has 0 saturated carbocycles. The number of hydrogen-bond acceptors (Lipinski definition) is 3. The molecule has 1 aromatic rings. The average molecular weight is 258 g/mol. The zero-order valence-electron chi connectivity index (χ0n) is 6.20. The van der Waals surface area contributed by atoms with Gasteiger partial charge in [0.05, 0.1) is 9.79 Å². The fraction of sp³-hybridized carbons (Fsp3) is 0. The molecule has 2 N–H and O–H groups in total. The third-order valence-electron chi connectivity index (χ3n) is 1.27. The second kappa shape index (κ2) is 4.41. The largest absolute Gasteiger partial charge is 0.399 e. The molecular formula is C6H5Cl2NO2S2. The minimum absolute atomic E-state index is 0.297. The predicted molar refractivity (Wildman–Crippen MR) is 55.4 cm³/mol. The molecule has 7 heteroatoms. The van der Waals surface area contributed by atoms with E-state index in [-0.39, 0.29) is 0 Å². The molecule has 1 aromatic carbocycles. The molecule has 0 amide bonds. The first-order valence-corrected chi connectivity index (χ1v) is 7.02. The van der Waals surface area contributed by atoms with Crippen molar-refractivity contribution in [3.63, 3.8) is 0 Å². The number of anilines is 1. The molecule has 0 aliphatic heterocycles. The van der Waals surface area contributed by atoms with E-state index in [0.29, 0.717) is 15.5 Å². The topological polar surface area (TPSA) is 60.2 Å². The summed E-state index contributed by atoms with van der Waals surface area (Å²) in [5.74, 6) is 0. The highest BCUT2D eigenvalue weighted by atomic mass is 35.7. The highest BCUT2D eigenvalue weighted by Crippen LogP contribution is 2.20. The number of rotatable bonds is 2. The van der Waals surface area contributed by atoms with Crippen LogP contribution in [0.1, 0.15) is 0 Å². The summed E-state index contributed by atoms with van der Waals surface area (Å²) < 4.78 is 21.7. The van der Waals surface area contributed by atoms with Crippen molar-refractivity contribution < 1.29 is 8.42 Å². The van der Waals surface area contributed by atoms with Crippen LogP contribution in [-0.4, -0.2) is 8.42 Å². The molecule has 72 valence electrons. The van der Waals surface area contributed by atoms with Crippen LogP contribution in [0.5, 0.6) is 0 Å². The van der Waals surface area contributed by atoms with Crippen molar-refractivity contribution in [3.8, 4) is 0 Å². The van der Waals surface area contributed by atoms with Gasteiger partial charge in [0.25, 0.3) is 0 Å². The molecule has 0 radical (unpaired) electrons. The molecule has 0 heterocycles. The molecule has 1 rings (SSSR count). The van der Waals surface area contributed by atoms with Gasteiger partial charge in [-0.15, -0.1) is 0 Å². The summed E-state index contributed by atoms with van der Waals surface area (Å²) in [6.45, 7) is 0. The average Bonchev–Trinajstić information content (AvgIpc) is 2.03. The lowest BCUT2D eigenvalue weighted by molar-refractivity contribution is 0.690. The second-order valence-corrected chi connectivity index (χ2v) is 5.70. The smallest absolute Gasteiger partial charge is 0.147 e. The molecule has 2 unspecified atom stereocenters. The van der Waals surface area contributed by atoms with Crippen molar-refractivity contribution in [1.29, 1.82) is 0 Å². The SMILES string of the molecule is Nc1cc(S(=O)Cl)cc(S(=O)Cl)c1. The summed E-state index contributed by atoms with van der Waals surface area (Å²) in [5.41, 5.74) is 5.78. The molecule has 0 aromatic heterocycles. The van der Waals surface area contributed by atoms with Crippen molar-refractivity contribution >= 4 is 47.1 Å². The number of nitrogens with two attached hydrogens (primary N) is 1. The van der Waals surface area contributed by atoms with Crippen LogP contribution in [0.25, 0.3) is 0 Å². The molecule has 3 nitrogen and oxygen atoms in total. The maximum absolute atomic E-state index is 10.9. The number of hydrogen-bond donors (Lipinski definition) is 1. The van der Waals surface area contributed by atoms with E-state index in [9.17, 15) is 8.42 Å². The quantitative estimate of drug-likeness (QED) is 0.649. The van der Waals surface area contributed by atoms with Gasteiger partial charge in [0.1, 0.15) is 20.0 Å². The van der Waals surface area contributed by atoms with Crippen LogP contribution in [0.15, 0.2) is 28.0 Å². The Bertz CT molecular complexity index is 351. The first-order chi connectivity index (χ1) is 6.00. The van der Waals surface area contributed by atoms with Crippen LogP contribution in [-0.2, 0) is 20.0 Å². The fourth-order valence-corrected chi connectivity index (χ4v) is 2.28. The monoisotopic (exact) mass is 257 g/mol. The maximum atomic E-state index is 10.9. The molecule has 0 saturated heterocycles. The van der Waals surface area contributed by atoms with Crippen LogP contribution in [0.2, 0.25) is 0 Å². The van der Waals surface area contributed by atoms with Gasteiger partial charge < -0.3 is 5.73 Å². The Labute approximate surface area is 89.1 Å². The van der Waals surface area contributed by atoms with Gasteiger partial charge in [-0.1, -0.05) is 0 Å². The lowest BCUT2D eigenvalue weighted by Gasteiger charge is -2.00. The van der Waals surface area contributed by atoms with Crippen LogP contribution >= 0.6 is 21.4 Å². The highest BCUT2D eigenvalue weighted by molar-refractivity contribution is 8.09. The van der Waals surface area contributed by atoms with Crippen LogP contribution in [0.4, 0.5) is 5.69 Å². The van der Waals surface area contributed by atoms with E-state index in [0.717, 1.165) is 0 Å². The number of benzene rings is 1. The molecule has 13 heavy (non-hydrogen) atoms. The number of halogens is 2. The van der Waals surface area contributed by atoms with Gasteiger partial charge in [-0.05, 0) is 39.6 Å². The van der Waals surface area contributed by atoms with Crippen molar-refractivity contribution in [2.45, 2.75) is 9.79 Å². The fourth-order valence-electron chi connectivity index (χ4n) is 0.779. The van der Waals surface area contributed by atoms with Crippen LogP contribution in [0, 0.1) is 0 Å². The van der Waals surface area contributed by atoms with Gasteiger partial charge >= 0.3 is 0 Å². The van der Waals surface area contributed by atoms with Gasteiger partial charge in [0, 0.05) is 5.69 Å². The van der Waals surface area contributed by atoms with E-state index >= 15 is 0 Å². The maximum Gasteiger partial charge on any atom is 0.147 e. The van der Waals surface area contributed by atoms with Gasteiger partial charge in [0.15, 0.2) is 0 Å². The van der Waals surface area contributed by atoms with Crippen molar-refractivity contribution in [3.05, 3.63) is 18.2 Å². The molecule has 0 aliphatic rings. The zero-order chi connectivity index (χ0) is 10.0. The predicted octanol–water partition coefficient (Wildman–Crippen LogP) is 1.79. The Balaban J connectivity index is 3.26. The van der Waals surface area contributed by atoms with Crippen LogP contribution < -0.4 is 5.73 Å².